The Morgan fingerprint density at radius 3 is 2.75 bits per heavy atom. The van der Waals surface area contributed by atoms with E-state index >= 15 is 0 Å². The highest BCUT2D eigenvalue weighted by Crippen LogP contribution is 2.13. The minimum Gasteiger partial charge on any atom is -0.271 e. The molecule has 0 spiro atoms. The molecule has 0 aromatic carbocycles. The van der Waals surface area contributed by atoms with Gasteiger partial charge in [-0.05, 0) is 6.26 Å². The first-order valence-electron chi connectivity index (χ1n) is 3.58. The number of hydrogen-bond acceptors (Lipinski definition) is 5. The Kier molecular flexibility index (Phi) is 3.99. The van der Waals surface area contributed by atoms with Gasteiger partial charge < -0.3 is 0 Å². The Hall–Kier alpha value is -0.650. The summed E-state index contributed by atoms with van der Waals surface area (Å²) in [6.45, 7) is 0. The second kappa shape index (κ2) is 5.08. The molecule has 1 rings (SSSR count). The predicted octanol–water partition coefficient (Wildman–Crippen LogP) is 0.344. The Balaban J connectivity index is 2.66. The zero-order valence-electron chi connectivity index (χ0n) is 6.90. The van der Waals surface area contributed by atoms with Gasteiger partial charge in [-0.1, -0.05) is 0 Å². The van der Waals surface area contributed by atoms with Crippen molar-refractivity contribution in [2.75, 3.05) is 12.0 Å². The molecule has 0 saturated carbocycles. The smallest absolute Gasteiger partial charge is 0.115 e. The normalized spacial score (nSPS) is 12.8. The fraction of sp³-hybridized carbons (Fsp3) is 0.429. The number of rotatable bonds is 4. The molecule has 4 nitrogen and oxygen atoms in total. The van der Waals surface area contributed by atoms with Crippen molar-refractivity contribution in [1.82, 2.24) is 15.4 Å². The summed E-state index contributed by atoms with van der Waals surface area (Å²) in [5.41, 5.74) is 3.74. The SMILES string of the molecule is CSCC(NN)c1cncnc1. The molecule has 1 aromatic heterocycles. The zero-order valence-corrected chi connectivity index (χ0v) is 7.71. The fourth-order valence-corrected chi connectivity index (χ4v) is 1.52. The van der Waals surface area contributed by atoms with Crippen LogP contribution in [0.25, 0.3) is 0 Å². The van der Waals surface area contributed by atoms with Crippen molar-refractivity contribution < 1.29 is 0 Å². The van der Waals surface area contributed by atoms with Crippen LogP contribution in [0.3, 0.4) is 0 Å². The van der Waals surface area contributed by atoms with Gasteiger partial charge in [0.1, 0.15) is 6.33 Å². The third kappa shape index (κ3) is 2.44. The molecule has 5 heteroatoms. The van der Waals surface area contributed by atoms with Crippen LogP contribution in [0.2, 0.25) is 0 Å². The zero-order chi connectivity index (χ0) is 8.81. The number of hydrogen-bond donors (Lipinski definition) is 2. The van der Waals surface area contributed by atoms with Crippen molar-refractivity contribution in [3.8, 4) is 0 Å². The molecule has 0 saturated heterocycles. The second-order valence-electron chi connectivity index (χ2n) is 2.35. The van der Waals surface area contributed by atoms with Gasteiger partial charge in [0, 0.05) is 23.7 Å². The number of hydrazine groups is 1. The average Bonchev–Trinajstić information content (AvgIpc) is 2.15. The molecule has 1 atom stereocenters. The highest BCUT2D eigenvalue weighted by Gasteiger charge is 2.07. The van der Waals surface area contributed by atoms with Crippen LogP contribution >= 0.6 is 11.8 Å². The number of thioether (sulfide) groups is 1. The van der Waals surface area contributed by atoms with E-state index < -0.39 is 0 Å². The number of nitrogens with zero attached hydrogens (tertiary/aromatic N) is 2. The molecular formula is C7H12N4S. The standard InChI is InChI=1S/C7H12N4S/c1-12-4-7(11-8)6-2-9-5-10-3-6/h2-3,5,7,11H,4,8H2,1H3. The largest absolute Gasteiger partial charge is 0.271 e. The van der Waals surface area contributed by atoms with E-state index in [2.05, 4.69) is 15.4 Å². The molecule has 0 fully saturated rings. The van der Waals surface area contributed by atoms with E-state index in [-0.39, 0.29) is 6.04 Å². The van der Waals surface area contributed by atoms with E-state index in [1.54, 1.807) is 24.2 Å². The van der Waals surface area contributed by atoms with Gasteiger partial charge >= 0.3 is 0 Å². The molecule has 3 N–H and O–H groups in total. The van der Waals surface area contributed by atoms with Crippen LogP contribution in [0.5, 0.6) is 0 Å². The third-order valence-electron chi connectivity index (χ3n) is 1.52. The molecule has 1 aromatic rings. The molecular weight excluding hydrogens is 172 g/mol. The van der Waals surface area contributed by atoms with E-state index in [1.165, 1.54) is 6.33 Å². The van der Waals surface area contributed by atoms with Crippen molar-refractivity contribution in [3.05, 3.63) is 24.3 Å². The maximum absolute atomic E-state index is 5.37. The van der Waals surface area contributed by atoms with Crippen LogP contribution < -0.4 is 11.3 Å². The first-order chi connectivity index (χ1) is 5.88. The lowest BCUT2D eigenvalue weighted by Gasteiger charge is -2.13. The summed E-state index contributed by atoms with van der Waals surface area (Å²) in [4.78, 5) is 7.84. The Morgan fingerprint density at radius 2 is 2.25 bits per heavy atom. The summed E-state index contributed by atoms with van der Waals surface area (Å²) < 4.78 is 0. The highest BCUT2D eigenvalue weighted by atomic mass is 32.2. The number of aromatic nitrogens is 2. The first-order valence-corrected chi connectivity index (χ1v) is 4.98. The monoisotopic (exact) mass is 184 g/mol. The van der Waals surface area contributed by atoms with Crippen molar-refractivity contribution in [3.63, 3.8) is 0 Å². The van der Waals surface area contributed by atoms with Gasteiger partial charge in [0.2, 0.25) is 0 Å². The lowest BCUT2D eigenvalue weighted by atomic mass is 10.2. The Morgan fingerprint density at radius 1 is 1.58 bits per heavy atom. The van der Waals surface area contributed by atoms with E-state index in [4.69, 9.17) is 5.84 Å². The summed E-state index contributed by atoms with van der Waals surface area (Å²) in [7, 11) is 0. The van der Waals surface area contributed by atoms with Crippen molar-refractivity contribution in [2.24, 2.45) is 5.84 Å². The van der Waals surface area contributed by atoms with Gasteiger partial charge in [-0.15, -0.1) is 0 Å². The third-order valence-corrected chi connectivity index (χ3v) is 2.18. The average molecular weight is 184 g/mol. The molecule has 0 aliphatic heterocycles. The minimum absolute atomic E-state index is 0.140. The quantitative estimate of drug-likeness (QED) is 0.522. The summed E-state index contributed by atoms with van der Waals surface area (Å²) in [6, 6.07) is 0.140. The lowest BCUT2D eigenvalue weighted by Crippen LogP contribution is -2.29. The van der Waals surface area contributed by atoms with Crippen LogP contribution in [0, 0.1) is 0 Å². The number of nitrogens with one attached hydrogen (secondary N) is 1. The molecule has 1 unspecified atom stereocenters. The van der Waals surface area contributed by atoms with E-state index in [0.29, 0.717) is 0 Å². The molecule has 0 aliphatic rings. The van der Waals surface area contributed by atoms with E-state index in [0.717, 1.165) is 11.3 Å². The van der Waals surface area contributed by atoms with Gasteiger partial charge in [-0.2, -0.15) is 11.8 Å². The molecule has 12 heavy (non-hydrogen) atoms. The van der Waals surface area contributed by atoms with E-state index in [9.17, 15) is 0 Å². The minimum atomic E-state index is 0.140. The van der Waals surface area contributed by atoms with E-state index in [1.807, 2.05) is 6.26 Å². The molecule has 1 heterocycles. The first kappa shape index (κ1) is 9.44. The maximum Gasteiger partial charge on any atom is 0.115 e. The summed E-state index contributed by atoms with van der Waals surface area (Å²) in [5, 5.41) is 0. The molecule has 0 amide bonds. The van der Waals surface area contributed by atoms with Crippen LogP contribution in [0.4, 0.5) is 0 Å². The number of nitrogens with two attached hydrogens (primary N) is 1. The van der Waals surface area contributed by atoms with Crippen LogP contribution in [0.1, 0.15) is 11.6 Å². The van der Waals surface area contributed by atoms with Crippen molar-refractivity contribution in [2.45, 2.75) is 6.04 Å². The predicted molar refractivity (Wildman–Crippen MR) is 50.5 cm³/mol. The van der Waals surface area contributed by atoms with Gasteiger partial charge in [0.15, 0.2) is 0 Å². The van der Waals surface area contributed by atoms with Gasteiger partial charge in [0.25, 0.3) is 0 Å². The van der Waals surface area contributed by atoms with Crippen molar-refractivity contribution in [1.29, 1.82) is 0 Å². The van der Waals surface area contributed by atoms with Gasteiger partial charge in [-0.3, -0.25) is 11.3 Å². The van der Waals surface area contributed by atoms with Crippen molar-refractivity contribution >= 4 is 11.8 Å². The Labute approximate surface area is 75.9 Å². The lowest BCUT2D eigenvalue weighted by molar-refractivity contribution is 0.606. The second-order valence-corrected chi connectivity index (χ2v) is 3.26. The maximum atomic E-state index is 5.37. The Bertz CT molecular complexity index is 216. The molecule has 0 radical (unpaired) electrons. The van der Waals surface area contributed by atoms with Crippen LogP contribution in [0.15, 0.2) is 18.7 Å². The molecule has 0 bridgehead atoms. The summed E-state index contributed by atoms with van der Waals surface area (Å²) >= 11 is 1.73. The fourth-order valence-electron chi connectivity index (χ4n) is 0.898. The summed E-state index contributed by atoms with van der Waals surface area (Å²) in [6.07, 6.45) is 7.09. The van der Waals surface area contributed by atoms with Gasteiger partial charge in [-0.25, -0.2) is 9.97 Å². The molecule has 0 aliphatic carbocycles. The van der Waals surface area contributed by atoms with Crippen LogP contribution in [-0.2, 0) is 0 Å². The topological polar surface area (TPSA) is 63.8 Å². The summed E-state index contributed by atoms with van der Waals surface area (Å²) in [5.74, 6) is 6.29. The highest BCUT2D eigenvalue weighted by molar-refractivity contribution is 7.98. The van der Waals surface area contributed by atoms with Crippen LogP contribution in [-0.4, -0.2) is 22.0 Å². The van der Waals surface area contributed by atoms with Gasteiger partial charge in [0.05, 0.1) is 6.04 Å². The molecule has 66 valence electrons.